The molecule has 0 saturated heterocycles. The highest BCUT2D eigenvalue weighted by Crippen LogP contribution is 1.88. The molecule has 80 valence electrons. The maximum absolute atomic E-state index is 10.5. The molecule has 3 heteroatoms. The van der Waals surface area contributed by atoms with Crippen LogP contribution in [0, 0.1) is 0 Å². The zero-order valence-electron chi connectivity index (χ0n) is 8.62. The first-order valence-corrected chi connectivity index (χ1v) is 4.27. The molecule has 0 aromatic carbocycles. The van der Waals surface area contributed by atoms with Gasteiger partial charge in [-0.3, -0.25) is 0 Å². The molecule has 0 spiro atoms. The summed E-state index contributed by atoms with van der Waals surface area (Å²) in [7, 11) is 0. The maximum atomic E-state index is 10.5. The maximum Gasteiger partial charge on any atom is 0.263 e. The second-order valence-electron chi connectivity index (χ2n) is 2.15. The highest BCUT2D eigenvalue weighted by Gasteiger charge is 1.68. The second kappa shape index (κ2) is 22.5. The molecule has 0 aliphatic heterocycles. The van der Waals surface area contributed by atoms with E-state index in [-0.39, 0.29) is 0 Å². The Balaban J connectivity index is -0.000000117. The Hall–Kier alpha value is -0.730. The van der Waals surface area contributed by atoms with Crippen LogP contribution >= 0.6 is 0 Å². The number of allylic oxidation sites excluding steroid dienone is 1. The highest BCUT2D eigenvalue weighted by atomic mass is 19.3. The standard InChI is InChI=1S/C5H12.C3H5F.C2H2F2/c1-3-5-4-2;1-2-3-4;1-2(3)4/h3-5H2,1-2H3;2-3H,1H3;1H2. The monoisotopic (exact) mass is 196 g/mol. The van der Waals surface area contributed by atoms with E-state index in [9.17, 15) is 13.2 Å². The van der Waals surface area contributed by atoms with Gasteiger partial charge < -0.3 is 0 Å². The summed E-state index contributed by atoms with van der Waals surface area (Å²) in [4.78, 5) is 0. The Morgan fingerprint density at radius 2 is 1.46 bits per heavy atom. The van der Waals surface area contributed by atoms with Crippen molar-refractivity contribution in [2.24, 2.45) is 0 Å². The third kappa shape index (κ3) is 188. The first-order valence-electron chi connectivity index (χ1n) is 4.27. The quantitative estimate of drug-likeness (QED) is 0.577. The van der Waals surface area contributed by atoms with Crippen molar-refractivity contribution >= 4 is 0 Å². The van der Waals surface area contributed by atoms with Crippen molar-refractivity contribution < 1.29 is 13.2 Å². The van der Waals surface area contributed by atoms with Gasteiger partial charge in [-0.25, -0.2) is 4.39 Å². The molecule has 0 aliphatic carbocycles. The lowest BCUT2D eigenvalue weighted by Gasteiger charge is -1.79. The van der Waals surface area contributed by atoms with Crippen LogP contribution in [-0.4, -0.2) is 0 Å². The van der Waals surface area contributed by atoms with Crippen molar-refractivity contribution in [1.29, 1.82) is 0 Å². The van der Waals surface area contributed by atoms with Gasteiger partial charge in [0, 0.05) is 0 Å². The Morgan fingerprint density at radius 3 is 1.46 bits per heavy atom. The van der Waals surface area contributed by atoms with Crippen LogP contribution in [0.4, 0.5) is 13.2 Å². The number of halogens is 3. The van der Waals surface area contributed by atoms with E-state index in [0.29, 0.717) is 6.33 Å². The zero-order chi connectivity index (χ0) is 11.1. The van der Waals surface area contributed by atoms with Crippen LogP contribution in [-0.2, 0) is 0 Å². The van der Waals surface area contributed by atoms with Crippen molar-refractivity contribution in [3.63, 3.8) is 0 Å². The van der Waals surface area contributed by atoms with Crippen molar-refractivity contribution in [3.8, 4) is 0 Å². The fourth-order valence-corrected chi connectivity index (χ4v) is 0.354. The molecule has 0 aliphatic rings. The largest absolute Gasteiger partial charge is 0.263 e. The first kappa shape index (κ1) is 18.1. The summed E-state index contributed by atoms with van der Waals surface area (Å²) in [5, 5.41) is 0. The fraction of sp³-hybridized carbons (Fsp3) is 0.600. The molecule has 0 rings (SSSR count). The molecular formula is C10H19F3. The topological polar surface area (TPSA) is 0 Å². The Kier molecular flexibility index (Phi) is 31.4. The van der Waals surface area contributed by atoms with Crippen molar-refractivity contribution in [2.75, 3.05) is 0 Å². The van der Waals surface area contributed by atoms with Crippen LogP contribution < -0.4 is 0 Å². The molecule has 13 heavy (non-hydrogen) atoms. The molecule has 0 N–H and O–H groups in total. The average Bonchev–Trinajstić information content (AvgIpc) is 2.05. The van der Waals surface area contributed by atoms with E-state index in [2.05, 4.69) is 20.4 Å². The molecular weight excluding hydrogens is 177 g/mol. The summed E-state index contributed by atoms with van der Waals surface area (Å²) in [6.45, 7) is 8.27. The summed E-state index contributed by atoms with van der Waals surface area (Å²) in [5.74, 6) is 0. The normalized spacial score (nSPS) is 8.15. The molecule has 0 atom stereocenters. The molecule has 0 nitrogen and oxygen atoms in total. The van der Waals surface area contributed by atoms with E-state index in [1.165, 1.54) is 25.3 Å². The Bertz CT molecular complexity index is 98.7. The van der Waals surface area contributed by atoms with E-state index >= 15 is 0 Å². The highest BCUT2D eigenvalue weighted by molar-refractivity contribution is 4.61. The number of hydrogen-bond acceptors (Lipinski definition) is 0. The van der Waals surface area contributed by atoms with Gasteiger partial charge in [0.25, 0.3) is 6.08 Å². The fourth-order valence-electron chi connectivity index (χ4n) is 0.354. The van der Waals surface area contributed by atoms with Crippen molar-refractivity contribution in [3.05, 3.63) is 25.1 Å². The molecule has 0 fully saturated rings. The van der Waals surface area contributed by atoms with Gasteiger partial charge in [-0.1, -0.05) is 39.2 Å². The number of unbranched alkanes of at least 4 members (excludes halogenated alkanes) is 2. The van der Waals surface area contributed by atoms with Crippen molar-refractivity contribution in [1.82, 2.24) is 0 Å². The molecule has 0 radical (unpaired) electrons. The van der Waals surface area contributed by atoms with Gasteiger partial charge in [-0.2, -0.15) is 8.78 Å². The lowest BCUT2D eigenvalue weighted by atomic mass is 10.3. The van der Waals surface area contributed by atoms with Gasteiger partial charge >= 0.3 is 0 Å². The van der Waals surface area contributed by atoms with Crippen LogP contribution in [0.2, 0.25) is 0 Å². The van der Waals surface area contributed by atoms with Gasteiger partial charge in [0.05, 0.1) is 6.33 Å². The number of rotatable bonds is 2. The minimum absolute atomic E-state index is 0.500. The van der Waals surface area contributed by atoms with E-state index in [1.54, 1.807) is 6.92 Å². The summed E-state index contributed by atoms with van der Waals surface area (Å²) >= 11 is 0. The van der Waals surface area contributed by atoms with Gasteiger partial charge in [-0.15, -0.1) is 0 Å². The molecule has 0 heterocycles. The minimum atomic E-state index is -1.83. The third-order valence-corrected chi connectivity index (χ3v) is 0.833. The molecule has 0 unspecified atom stereocenters. The van der Waals surface area contributed by atoms with Gasteiger partial charge in [0.1, 0.15) is 0 Å². The Labute approximate surface area is 79.2 Å². The third-order valence-electron chi connectivity index (χ3n) is 0.833. The zero-order valence-corrected chi connectivity index (χ0v) is 8.62. The van der Waals surface area contributed by atoms with E-state index < -0.39 is 6.08 Å². The van der Waals surface area contributed by atoms with Crippen LogP contribution in [0.1, 0.15) is 40.0 Å². The molecule has 0 aromatic rings. The summed E-state index contributed by atoms with van der Waals surface area (Å²) in [6, 6.07) is 0. The smallest absolute Gasteiger partial charge is 0.216 e. The Morgan fingerprint density at radius 1 is 1.23 bits per heavy atom. The molecule has 0 amide bonds. The van der Waals surface area contributed by atoms with Gasteiger partial charge in [-0.05, 0) is 13.5 Å². The number of hydrogen-bond donors (Lipinski definition) is 0. The van der Waals surface area contributed by atoms with Gasteiger partial charge in [0.15, 0.2) is 0 Å². The van der Waals surface area contributed by atoms with Crippen LogP contribution in [0.3, 0.4) is 0 Å². The predicted octanol–water partition coefficient (Wildman–Crippen LogP) is 5.08. The lowest BCUT2D eigenvalue weighted by Crippen LogP contribution is -1.59. The average molecular weight is 196 g/mol. The summed E-state index contributed by atoms with van der Waals surface area (Å²) in [6.07, 6.45) is 4.08. The molecule has 0 saturated carbocycles. The van der Waals surface area contributed by atoms with Gasteiger partial charge in [0.2, 0.25) is 0 Å². The van der Waals surface area contributed by atoms with Crippen molar-refractivity contribution in [2.45, 2.75) is 40.0 Å². The van der Waals surface area contributed by atoms with E-state index in [1.807, 2.05) is 0 Å². The summed E-state index contributed by atoms with van der Waals surface area (Å²) < 4.78 is 30.8. The second-order valence-corrected chi connectivity index (χ2v) is 2.15. The van der Waals surface area contributed by atoms with Crippen LogP contribution in [0.5, 0.6) is 0 Å². The van der Waals surface area contributed by atoms with E-state index in [4.69, 9.17) is 0 Å². The predicted molar refractivity (Wildman–Crippen MR) is 52.5 cm³/mol. The first-order chi connectivity index (χ1) is 6.06. The summed E-state index contributed by atoms with van der Waals surface area (Å²) in [5.41, 5.74) is 0. The van der Waals surface area contributed by atoms with Crippen LogP contribution in [0.25, 0.3) is 0 Å². The molecule has 0 aromatic heterocycles. The van der Waals surface area contributed by atoms with E-state index in [0.717, 1.165) is 0 Å². The van der Waals surface area contributed by atoms with Crippen LogP contribution in [0.15, 0.2) is 25.1 Å². The minimum Gasteiger partial charge on any atom is -0.216 e. The lowest BCUT2D eigenvalue weighted by molar-refractivity contribution is 0.426. The SMILES string of the molecule is C=C(F)F.CC=CF.CCCCC. The molecule has 0 bridgehead atoms.